The highest BCUT2D eigenvalue weighted by atomic mass is 16.5. The number of benzene rings is 1. The Bertz CT molecular complexity index is 1030. The molecule has 0 aliphatic carbocycles. The van der Waals surface area contributed by atoms with Gasteiger partial charge in [0.1, 0.15) is 11.4 Å². The molecule has 1 aromatic heterocycles. The zero-order valence-corrected chi connectivity index (χ0v) is 19.1. The van der Waals surface area contributed by atoms with E-state index in [0.29, 0.717) is 43.9 Å². The Kier molecular flexibility index (Phi) is 6.62. The van der Waals surface area contributed by atoms with Gasteiger partial charge in [-0.2, -0.15) is 0 Å². The number of hydrogen-bond donors (Lipinski definition) is 0. The van der Waals surface area contributed by atoms with Crippen LogP contribution in [0.1, 0.15) is 45.7 Å². The molecule has 2 aliphatic heterocycles. The Labute approximate surface area is 193 Å². The largest absolute Gasteiger partial charge is 0.497 e. The molecular formula is C25H29N3O5. The summed E-state index contributed by atoms with van der Waals surface area (Å²) in [6, 6.07) is 10.7. The number of piperidine rings is 1. The maximum absolute atomic E-state index is 12.9. The quantitative estimate of drug-likeness (QED) is 0.650. The molecule has 1 aromatic carbocycles. The third-order valence-electron chi connectivity index (χ3n) is 6.80. The first-order valence-corrected chi connectivity index (χ1v) is 11.2. The molecule has 0 atom stereocenters. The molecule has 8 nitrogen and oxygen atoms in total. The van der Waals surface area contributed by atoms with Crippen LogP contribution < -0.4 is 4.74 Å². The lowest BCUT2D eigenvalue weighted by Gasteiger charge is -2.39. The summed E-state index contributed by atoms with van der Waals surface area (Å²) >= 11 is 0. The predicted molar refractivity (Wildman–Crippen MR) is 121 cm³/mol. The number of methoxy groups -OCH3 is 2. The van der Waals surface area contributed by atoms with Crippen LogP contribution >= 0.6 is 0 Å². The molecule has 2 aliphatic rings. The van der Waals surface area contributed by atoms with Crippen molar-refractivity contribution in [2.75, 3.05) is 40.4 Å². The summed E-state index contributed by atoms with van der Waals surface area (Å²) in [6.07, 6.45) is 4.43. The third-order valence-corrected chi connectivity index (χ3v) is 6.80. The van der Waals surface area contributed by atoms with E-state index in [4.69, 9.17) is 4.74 Å². The van der Waals surface area contributed by atoms with Crippen LogP contribution in [0.15, 0.2) is 42.6 Å². The number of esters is 1. The molecule has 4 rings (SSSR count). The number of nitrogens with zero attached hydrogens (tertiary/aromatic N) is 3. The van der Waals surface area contributed by atoms with E-state index in [1.807, 2.05) is 34.1 Å². The van der Waals surface area contributed by atoms with Gasteiger partial charge in [0.05, 0.1) is 26.2 Å². The molecule has 174 valence electrons. The van der Waals surface area contributed by atoms with Gasteiger partial charge >= 0.3 is 5.97 Å². The van der Waals surface area contributed by atoms with Gasteiger partial charge in [-0.15, -0.1) is 0 Å². The van der Waals surface area contributed by atoms with E-state index in [9.17, 15) is 14.4 Å². The molecule has 2 saturated heterocycles. The highest BCUT2D eigenvalue weighted by molar-refractivity contribution is 5.94. The van der Waals surface area contributed by atoms with E-state index in [2.05, 4.69) is 9.72 Å². The summed E-state index contributed by atoms with van der Waals surface area (Å²) in [7, 11) is 2.93. The molecule has 8 heteroatoms. The minimum atomic E-state index is -0.477. The molecule has 0 bridgehead atoms. The molecule has 0 radical (unpaired) electrons. The summed E-state index contributed by atoms with van der Waals surface area (Å²) in [5.74, 6) is 0.274. The molecule has 2 amide bonds. The fraction of sp³-hybridized carbons (Fsp3) is 0.440. The van der Waals surface area contributed by atoms with Crippen molar-refractivity contribution in [3.8, 4) is 5.75 Å². The highest BCUT2D eigenvalue weighted by Gasteiger charge is 2.43. The van der Waals surface area contributed by atoms with Crippen molar-refractivity contribution in [3.05, 3.63) is 59.4 Å². The first kappa shape index (κ1) is 22.8. The summed E-state index contributed by atoms with van der Waals surface area (Å²) in [6.45, 7) is 2.76. The second-order valence-corrected chi connectivity index (χ2v) is 8.81. The molecule has 0 saturated carbocycles. The number of carbonyl (C=O) groups excluding carboxylic acids is 3. The van der Waals surface area contributed by atoms with Crippen LogP contribution in [0.4, 0.5) is 0 Å². The second kappa shape index (κ2) is 9.60. The third kappa shape index (κ3) is 4.99. The molecule has 3 heterocycles. The van der Waals surface area contributed by atoms with Crippen LogP contribution in [0.2, 0.25) is 0 Å². The van der Waals surface area contributed by atoms with Gasteiger partial charge < -0.3 is 19.3 Å². The topological polar surface area (TPSA) is 89.0 Å². The molecule has 33 heavy (non-hydrogen) atoms. The minimum absolute atomic E-state index is 0.0500. The average molecular weight is 452 g/mol. The number of ether oxygens (including phenoxy) is 2. The predicted octanol–water partition coefficient (Wildman–Crippen LogP) is 2.57. The minimum Gasteiger partial charge on any atom is -0.497 e. The Hall–Kier alpha value is -3.42. The van der Waals surface area contributed by atoms with Gasteiger partial charge in [0.25, 0.3) is 5.91 Å². The van der Waals surface area contributed by atoms with E-state index in [1.165, 1.54) is 13.3 Å². The van der Waals surface area contributed by atoms with Gasteiger partial charge in [0, 0.05) is 32.4 Å². The van der Waals surface area contributed by atoms with Gasteiger partial charge in [-0.05, 0) is 54.5 Å². The number of carbonyl (C=O) groups is 3. The van der Waals surface area contributed by atoms with Crippen LogP contribution in [-0.2, 0) is 16.0 Å². The molecule has 2 aromatic rings. The van der Waals surface area contributed by atoms with Crippen LogP contribution in [0.5, 0.6) is 5.75 Å². The lowest BCUT2D eigenvalue weighted by molar-refractivity contribution is -0.132. The summed E-state index contributed by atoms with van der Waals surface area (Å²) in [5, 5.41) is 0. The maximum Gasteiger partial charge on any atom is 0.339 e. The van der Waals surface area contributed by atoms with Crippen molar-refractivity contribution in [3.63, 3.8) is 0 Å². The summed E-state index contributed by atoms with van der Waals surface area (Å²) < 4.78 is 9.92. The van der Waals surface area contributed by atoms with E-state index >= 15 is 0 Å². The van der Waals surface area contributed by atoms with Crippen molar-refractivity contribution in [2.45, 2.75) is 25.7 Å². The normalized spacial score (nSPS) is 17.2. The van der Waals surface area contributed by atoms with E-state index < -0.39 is 5.97 Å². The summed E-state index contributed by atoms with van der Waals surface area (Å²) in [5.41, 5.74) is 1.64. The summed E-state index contributed by atoms with van der Waals surface area (Å²) in [4.78, 5) is 45.2. The molecule has 0 unspecified atom stereocenters. The number of amides is 2. The lowest BCUT2D eigenvalue weighted by Crippen LogP contribution is -2.45. The zero-order valence-electron chi connectivity index (χ0n) is 19.1. The van der Waals surface area contributed by atoms with E-state index in [1.54, 1.807) is 19.2 Å². The molecule has 0 N–H and O–H groups in total. The number of pyridine rings is 1. The Morgan fingerprint density at radius 1 is 1.00 bits per heavy atom. The van der Waals surface area contributed by atoms with E-state index in [0.717, 1.165) is 30.6 Å². The van der Waals surface area contributed by atoms with Crippen molar-refractivity contribution in [1.82, 2.24) is 14.8 Å². The number of aromatic nitrogens is 1. The zero-order chi connectivity index (χ0) is 23.4. The molecule has 2 fully saturated rings. The fourth-order valence-electron chi connectivity index (χ4n) is 4.74. The lowest BCUT2D eigenvalue weighted by atomic mass is 9.77. The Morgan fingerprint density at radius 2 is 1.73 bits per heavy atom. The Morgan fingerprint density at radius 3 is 2.36 bits per heavy atom. The van der Waals surface area contributed by atoms with Crippen molar-refractivity contribution >= 4 is 17.8 Å². The monoisotopic (exact) mass is 451 g/mol. The highest BCUT2D eigenvalue weighted by Crippen LogP contribution is 2.40. The molecule has 1 spiro atoms. The first-order chi connectivity index (χ1) is 15.9. The van der Waals surface area contributed by atoms with Gasteiger partial charge in [-0.3, -0.25) is 14.6 Å². The van der Waals surface area contributed by atoms with Crippen molar-refractivity contribution in [2.24, 2.45) is 5.41 Å². The van der Waals surface area contributed by atoms with Gasteiger partial charge in [0.2, 0.25) is 5.91 Å². The van der Waals surface area contributed by atoms with Crippen molar-refractivity contribution < 1.29 is 23.9 Å². The smallest absolute Gasteiger partial charge is 0.339 e. The number of rotatable bonds is 5. The van der Waals surface area contributed by atoms with Crippen LogP contribution in [0.3, 0.4) is 0 Å². The number of hydrogen-bond acceptors (Lipinski definition) is 6. The van der Waals surface area contributed by atoms with Gasteiger partial charge in [-0.25, -0.2) is 4.79 Å². The SMILES string of the molecule is COC(=O)c1ccc(C(=O)N2CCC3(CCN(C(=O)Cc4cccc(OC)c4)CC3)C2)nc1. The van der Waals surface area contributed by atoms with E-state index in [-0.39, 0.29) is 17.2 Å². The van der Waals surface area contributed by atoms with Crippen LogP contribution in [0, 0.1) is 5.41 Å². The fourth-order valence-corrected chi connectivity index (χ4v) is 4.74. The van der Waals surface area contributed by atoms with Crippen LogP contribution in [0.25, 0.3) is 0 Å². The average Bonchev–Trinajstić information content (AvgIpc) is 3.27. The first-order valence-electron chi connectivity index (χ1n) is 11.2. The maximum atomic E-state index is 12.9. The standard InChI is InChI=1S/C25H29N3O5/c1-32-20-5-3-4-18(14-20)15-22(29)27-11-8-25(9-12-27)10-13-28(17-25)23(30)21-7-6-19(16-26-21)24(31)33-2/h3-7,14,16H,8-13,15,17H2,1-2H3. The van der Waals surface area contributed by atoms with Crippen LogP contribution in [-0.4, -0.2) is 73.0 Å². The van der Waals surface area contributed by atoms with Gasteiger partial charge in [-0.1, -0.05) is 12.1 Å². The van der Waals surface area contributed by atoms with Gasteiger partial charge in [0.15, 0.2) is 0 Å². The second-order valence-electron chi connectivity index (χ2n) is 8.81. The van der Waals surface area contributed by atoms with Crippen molar-refractivity contribution in [1.29, 1.82) is 0 Å². The number of likely N-dealkylation sites (tertiary alicyclic amines) is 2. The Balaban J connectivity index is 1.31. The molecular weight excluding hydrogens is 422 g/mol.